The van der Waals surface area contributed by atoms with Crippen molar-refractivity contribution < 1.29 is 19.5 Å². The maximum absolute atomic E-state index is 12.5. The lowest BCUT2D eigenvalue weighted by atomic mass is 9.86. The van der Waals surface area contributed by atoms with Gasteiger partial charge in [0, 0.05) is 17.0 Å². The summed E-state index contributed by atoms with van der Waals surface area (Å²) in [7, 11) is 0. The van der Waals surface area contributed by atoms with E-state index in [0.717, 1.165) is 0 Å². The quantitative estimate of drug-likeness (QED) is 0.622. The van der Waals surface area contributed by atoms with E-state index in [9.17, 15) is 14.4 Å². The summed E-state index contributed by atoms with van der Waals surface area (Å²) in [5, 5.41) is 9.16. The zero-order chi connectivity index (χ0) is 17.7. The van der Waals surface area contributed by atoms with Crippen LogP contribution in [0.4, 0.5) is 0 Å². The lowest BCUT2D eigenvalue weighted by Gasteiger charge is -2.16. The van der Waals surface area contributed by atoms with Gasteiger partial charge < -0.3 is 5.11 Å². The van der Waals surface area contributed by atoms with Gasteiger partial charge in [0.15, 0.2) is 11.6 Å². The molecule has 0 aromatic heterocycles. The second-order valence-electron chi connectivity index (χ2n) is 5.74. The summed E-state index contributed by atoms with van der Waals surface area (Å²) in [6.45, 7) is 3.36. The van der Waals surface area contributed by atoms with E-state index in [1.165, 1.54) is 0 Å². The number of ketones is 2. The highest BCUT2D eigenvalue weighted by Crippen LogP contribution is 2.23. The molecule has 24 heavy (non-hydrogen) atoms. The van der Waals surface area contributed by atoms with Gasteiger partial charge in [-0.25, -0.2) is 0 Å². The lowest BCUT2D eigenvalue weighted by Crippen LogP contribution is -2.27. The molecular formula is C20H20O4. The maximum Gasteiger partial charge on any atom is 0.314 e. The Bertz CT molecular complexity index is 749. The van der Waals surface area contributed by atoms with Crippen molar-refractivity contribution in [3.8, 4) is 0 Å². The molecule has 1 unspecified atom stereocenters. The van der Waals surface area contributed by atoms with Crippen LogP contribution in [0.2, 0.25) is 0 Å². The first-order chi connectivity index (χ1) is 11.5. The van der Waals surface area contributed by atoms with E-state index in [1.54, 1.807) is 62.4 Å². The van der Waals surface area contributed by atoms with E-state index in [4.69, 9.17) is 5.11 Å². The number of rotatable bonds is 7. The Labute approximate surface area is 141 Å². The topological polar surface area (TPSA) is 71.4 Å². The van der Waals surface area contributed by atoms with E-state index >= 15 is 0 Å². The van der Waals surface area contributed by atoms with Gasteiger partial charge in [-0.2, -0.15) is 0 Å². The van der Waals surface area contributed by atoms with E-state index < -0.39 is 17.8 Å². The van der Waals surface area contributed by atoms with Gasteiger partial charge in [-0.15, -0.1) is 0 Å². The lowest BCUT2D eigenvalue weighted by molar-refractivity contribution is -0.146. The molecule has 4 heteroatoms. The average Bonchev–Trinajstić information content (AvgIpc) is 2.61. The second-order valence-corrected chi connectivity index (χ2v) is 5.74. The van der Waals surface area contributed by atoms with Crippen LogP contribution in [-0.4, -0.2) is 22.6 Å². The molecule has 4 nitrogen and oxygen atoms in total. The molecule has 0 fully saturated rings. The van der Waals surface area contributed by atoms with Crippen molar-refractivity contribution in [2.75, 3.05) is 0 Å². The van der Waals surface area contributed by atoms with Gasteiger partial charge in [0.2, 0.25) is 0 Å². The average molecular weight is 324 g/mol. The Morgan fingerprint density at radius 3 is 2.17 bits per heavy atom. The van der Waals surface area contributed by atoms with Crippen molar-refractivity contribution in [2.45, 2.75) is 26.2 Å². The highest BCUT2D eigenvalue weighted by atomic mass is 16.4. The number of carboxylic acid groups (broad SMARTS) is 1. The summed E-state index contributed by atoms with van der Waals surface area (Å²) < 4.78 is 0. The summed E-state index contributed by atoms with van der Waals surface area (Å²) in [4.78, 5) is 36.1. The van der Waals surface area contributed by atoms with Crippen molar-refractivity contribution in [1.29, 1.82) is 0 Å². The van der Waals surface area contributed by atoms with Crippen LogP contribution in [0.3, 0.4) is 0 Å². The van der Waals surface area contributed by atoms with Crippen LogP contribution in [0.1, 0.15) is 47.7 Å². The predicted octanol–water partition coefficient (Wildman–Crippen LogP) is 3.70. The van der Waals surface area contributed by atoms with Crippen molar-refractivity contribution in [2.24, 2.45) is 5.92 Å². The first-order valence-electron chi connectivity index (χ1n) is 7.92. The maximum atomic E-state index is 12.5. The smallest absolute Gasteiger partial charge is 0.314 e. The minimum absolute atomic E-state index is 0.123. The van der Waals surface area contributed by atoms with Crippen LogP contribution in [0, 0.1) is 5.92 Å². The van der Waals surface area contributed by atoms with Gasteiger partial charge in [0.1, 0.15) is 5.92 Å². The molecule has 0 saturated carbocycles. The highest BCUT2D eigenvalue weighted by molar-refractivity contribution is 6.09. The number of carbonyl (C=O) groups is 3. The molecule has 2 atom stereocenters. The number of carbonyl (C=O) groups excluding carboxylic acids is 2. The van der Waals surface area contributed by atoms with Crippen LogP contribution in [-0.2, 0) is 9.59 Å². The molecule has 2 rings (SSSR count). The Hall–Kier alpha value is -2.75. The normalized spacial score (nSPS) is 13.1. The van der Waals surface area contributed by atoms with Crippen molar-refractivity contribution >= 4 is 17.5 Å². The van der Waals surface area contributed by atoms with Crippen LogP contribution in [0.5, 0.6) is 0 Å². The van der Waals surface area contributed by atoms with Gasteiger partial charge in [-0.05, 0) is 18.1 Å². The van der Waals surface area contributed by atoms with Gasteiger partial charge in [0.25, 0.3) is 0 Å². The molecule has 0 radical (unpaired) electrons. The molecule has 2 aromatic rings. The van der Waals surface area contributed by atoms with Gasteiger partial charge in [-0.3, -0.25) is 14.4 Å². The van der Waals surface area contributed by atoms with Crippen LogP contribution < -0.4 is 0 Å². The fourth-order valence-corrected chi connectivity index (χ4v) is 2.67. The van der Waals surface area contributed by atoms with Crippen LogP contribution in [0.15, 0.2) is 54.6 Å². The van der Waals surface area contributed by atoms with Gasteiger partial charge in [0.05, 0.1) is 0 Å². The molecule has 2 aromatic carbocycles. The molecule has 0 aliphatic carbocycles. The van der Waals surface area contributed by atoms with Gasteiger partial charge in [-0.1, -0.05) is 62.4 Å². The van der Waals surface area contributed by atoms with Crippen molar-refractivity contribution in [3.05, 3.63) is 71.3 Å². The fraction of sp³-hybridized carbons (Fsp3) is 0.250. The van der Waals surface area contributed by atoms with Crippen LogP contribution in [0.25, 0.3) is 0 Å². The summed E-state index contributed by atoms with van der Waals surface area (Å²) in [6.07, 6.45) is 0.251. The molecule has 0 bridgehead atoms. The third-order valence-corrected chi connectivity index (χ3v) is 4.16. The molecule has 0 heterocycles. The fourth-order valence-electron chi connectivity index (χ4n) is 2.67. The minimum Gasteiger partial charge on any atom is -0.481 e. The number of Topliss-reactive ketones (excluding diaryl/α,β-unsaturated/α-hetero) is 1. The number of hydrogen-bond donors (Lipinski definition) is 1. The Morgan fingerprint density at radius 2 is 1.58 bits per heavy atom. The molecular weight excluding hydrogens is 304 g/mol. The number of hydrogen-bond acceptors (Lipinski definition) is 3. The third-order valence-electron chi connectivity index (χ3n) is 4.16. The van der Waals surface area contributed by atoms with Gasteiger partial charge >= 0.3 is 5.97 Å². The minimum atomic E-state index is -1.11. The SMILES string of the molecule is CC[C@H](C(=O)O)C(=O)C(C)c1cccc(C(=O)c2ccccc2)c1. The van der Waals surface area contributed by atoms with E-state index in [1.807, 2.05) is 6.07 Å². The monoisotopic (exact) mass is 324 g/mol. The highest BCUT2D eigenvalue weighted by Gasteiger charge is 2.29. The standard InChI is InChI=1S/C20H20O4/c1-3-17(20(23)24)18(21)13(2)15-10-7-11-16(12-15)19(22)14-8-5-4-6-9-14/h4-13,17H,3H2,1-2H3,(H,23,24)/t13?,17-/m0/s1. The molecule has 0 amide bonds. The first kappa shape index (κ1) is 17.6. The zero-order valence-corrected chi connectivity index (χ0v) is 13.7. The largest absolute Gasteiger partial charge is 0.481 e. The molecule has 0 saturated heterocycles. The molecule has 124 valence electrons. The third kappa shape index (κ3) is 3.77. The summed E-state index contributed by atoms with van der Waals surface area (Å²) in [5.74, 6) is -3.16. The molecule has 1 N–H and O–H groups in total. The van der Waals surface area contributed by atoms with E-state index in [0.29, 0.717) is 16.7 Å². The Kier molecular flexibility index (Phi) is 5.64. The molecule has 0 spiro atoms. The first-order valence-corrected chi connectivity index (χ1v) is 7.92. The van der Waals surface area contributed by atoms with E-state index in [2.05, 4.69) is 0 Å². The number of benzene rings is 2. The summed E-state index contributed by atoms with van der Waals surface area (Å²) in [5.41, 5.74) is 1.72. The summed E-state index contributed by atoms with van der Waals surface area (Å²) in [6, 6.07) is 15.7. The summed E-state index contributed by atoms with van der Waals surface area (Å²) >= 11 is 0. The van der Waals surface area contributed by atoms with Crippen LogP contribution >= 0.6 is 0 Å². The zero-order valence-electron chi connectivity index (χ0n) is 13.7. The Balaban J connectivity index is 2.28. The van der Waals surface area contributed by atoms with E-state index in [-0.39, 0.29) is 18.0 Å². The second kappa shape index (κ2) is 7.68. The predicted molar refractivity (Wildman–Crippen MR) is 91.2 cm³/mol. The molecule has 0 aliphatic rings. The van der Waals surface area contributed by atoms with Crippen molar-refractivity contribution in [1.82, 2.24) is 0 Å². The number of aliphatic carboxylic acids is 1. The number of carboxylic acids is 1. The van der Waals surface area contributed by atoms with Crippen molar-refractivity contribution in [3.63, 3.8) is 0 Å². The Morgan fingerprint density at radius 1 is 0.958 bits per heavy atom. The molecule has 0 aliphatic heterocycles.